The summed E-state index contributed by atoms with van der Waals surface area (Å²) in [4.78, 5) is 15.6. The van der Waals surface area contributed by atoms with Gasteiger partial charge in [-0.2, -0.15) is 0 Å². The van der Waals surface area contributed by atoms with E-state index in [2.05, 4.69) is 4.90 Å². The molecule has 3 rings (SSSR count). The molecule has 120 valence electrons. The number of nitrogens with zero attached hydrogens (tertiary/aromatic N) is 2. The third-order valence-electron chi connectivity index (χ3n) is 4.23. The number of hydrogen-bond donors (Lipinski definition) is 1. The molecule has 1 fully saturated rings. The summed E-state index contributed by atoms with van der Waals surface area (Å²) in [5, 5.41) is 0. The molecule has 23 heavy (non-hydrogen) atoms. The topological polar surface area (TPSA) is 49.6 Å². The van der Waals surface area contributed by atoms with Crippen LogP contribution >= 0.6 is 0 Å². The molecule has 1 aliphatic rings. The third-order valence-corrected chi connectivity index (χ3v) is 4.23. The lowest BCUT2D eigenvalue weighted by Gasteiger charge is -2.37. The third kappa shape index (κ3) is 3.28. The second kappa shape index (κ2) is 6.28. The monoisotopic (exact) mass is 313 g/mol. The van der Waals surface area contributed by atoms with Crippen LogP contribution in [0.1, 0.15) is 17.3 Å². The van der Waals surface area contributed by atoms with Crippen LogP contribution in [0.25, 0.3) is 0 Å². The number of ketones is 1. The number of halogens is 1. The van der Waals surface area contributed by atoms with E-state index in [1.54, 1.807) is 19.1 Å². The minimum atomic E-state index is -0.274. The van der Waals surface area contributed by atoms with E-state index in [0.29, 0.717) is 11.4 Å². The molecule has 0 spiro atoms. The number of benzene rings is 2. The maximum absolute atomic E-state index is 14.0. The van der Waals surface area contributed by atoms with Crippen LogP contribution in [-0.2, 0) is 0 Å². The minimum absolute atomic E-state index is 0.0696. The summed E-state index contributed by atoms with van der Waals surface area (Å²) in [5.74, 6) is -0.204. The van der Waals surface area contributed by atoms with Crippen molar-refractivity contribution in [1.29, 1.82) is 0 Å². The van der Waals surface area contributed by atoms with Crippen molar-refractivity contribution in [2.45, 2.75) is 6.92 Å². The van der Waals surface area contributed by atoms with Crippen molar-refractivity contribution in [2.75, 3.05) is 41.7 Å². The normalized spacial score (nSPS) is 14.9. The molecule has 0 radical (unpaired) electrons. The van der Waals surface area contributed by atoms with Crippen LogP contribution in [0.5, 0.6) is 0 Å². The Morgan fingerprint density at radius 1 is 1.00 bits per heavy atom. The molecule has 0 saturated carbocycles. The fraction of sp³-hybridized carbons (Fsp3) is 0.278. The van der Waals surface area contributed by atoms with E-state index in [9.17, 15) is 9.18 Å². The lowest BCUT2D eigenvalue weighted by molar-refractivity contribution is 0.101. The highest BCUT2D eigenvalue weighted by molar-refractivity contribution is 5.94. The van der Waals surface area contributed by atoms with Crippen molar-refractivity contribution in [2.24, 2.45) is 0 Å². The van der Waals surface area contributed by atoms with Crippen molar-refractivity contribution < 1.29 is 9.18 Å². The van der Waals surface area contributed by atoms with Gasteiger partial charge in [-0.25, -0.2) is 4.39 Å². The van der Waals surface area contributed by atoms with E-state index in [4.69, 9.17) is 5.73 Å². The van der Waals surface area contributed by atoms with Gasteiger partial charge in [-0.3, -0.25) is 4.79 Å². The molecule has 0 aliphatic carbocycles. The Morgan fingerprint density at radius 2 is 1.61 bits per heavy atom. The van der Waals surface area contributed by atoms with E-state index < -0.39 is 0 Å². The molecular weight excluding hydrogens is 293 g/mol. The molecule has 0 amide bonds. The van der Waals surface area contributed by atoms with Gasteiger partial charge >= 0.3 is 0 Å². The average molecular weight is 313 g/mol. The number of nitrogens with two attached hydrogens (primary N) is 1. The standard InChI is InChI=1S/C18H20FN3O/c1-13(23)14-2-5-16(6-3-14)21-8-10-22(11-9-21)18-7-4-15(20)12-17(18)19/h2-7,12H,8-11,20H2,1H3. The molecule has 2 N–H and O–H groups in total. The summed E-state index contributed by atoms with van der Waals surface area (Å²) in [6, 6.07) is 12.5. The largest absolute Gasteiger partial charge is 0.399 e. The van der Waals surface area contributed by atoms with Gasteiger partial charge in [0.2, 0.25) is 0 Å². The zero-order chi connectivity index (χ0) is 16.4. The number of carbonyl (C=O) groups is 1. The van der Waals surface area contributed by atoms with Crippen molar-refractivity contribution in [3.8, 4) is 0 Å². The van der Waals surface area contributed by atoms with E-state index >= 15 is 0 Å². The highest BCUT2D eigenvalue weighted by atomic mass is 19.1. The Balaban J connectivity index is 1.67. The van der Waals surface area contributed by atoms with Crippen LogP contribution in [0.2, 0.25) is 0 Å². The van der Waals surface area contributed by atoms with Crippen LogP contribution in [-0.4, -0.2) is 32.0 Å². The molecule has 5 heteroatoms. The van der Waals surface area contributed by atoms with E-state index in [0.717, 1.165) is 37.4 Å². The van der Waals surface area contributed by atoms with Gasteiger partial charge in [-0.1, -0.05) is 0 Å². The molecule has 0 atom stereocenters. The van der Waals surface area contributed by atoms with Gasteiger partial charge in [0.1, 0.15) is 5.82 Å². The van der Waals surface area contributed by atoms with E-state index in [1.165, 1.54) is 6.07 Å². The Kier molecular flexibility index (Phi) is 4.19. The van der Waals surface area contributed by atoms with Gasteiger partial charge in [-0.05, 0) is 49.4 Å². The lowest BCUT2D eigenvalue weighted by Crippen LogP contribution is -2.46. The summed E-state index contributed by atoms with van der Waals surface area (Å²) in [6.07, 6.45) is 0. The molecule has 0 aromatic heterocycles. The summed E-state index contributed by atoms with van der Waals surface area (Å²) in [7, 11) is 0. The van der Waals surface area contributed by atoms with Gasteiger partial charge in [0.15, 0.2) is 5.78 Å². The smallest absolute Gasteiger partial charge is 0.159 e. The maximum Gasteiger partial charge on any atom is 0.159 e. The van der Waals surface area contributed by atoms with Gasteiger partial charge in [0, 0.05) is 43.1 Å². The van der Waals surface area contributed by atoms with Crippen LogP contribution in [0.15, 0.2) is 42.5 Å². The first-order chi connectivity index (χ1) is 11.0. The zero-order valence-electron chi connectivity index (χ0n) is 13.1. The summed E-state index contributed by atoms with van der Waals surface area (Å²) < 4.78 is 14.0. The van der Waals surface area contributed by atoms with Crippen molar-refractivity contribution in [3.05, 3.63) is 53.8 Å². The Morgan fingerprint density at radius 3 is 2.17 bits per heavy atom. The molecule has 0 unspecified atom stereocenters. The highest BCUT2D eigenvalue weighted by Gasteiger charge is 2.19. The Hall–Kier alpha value is -2.56. The molecule has 2 aromatic rings. The Labute approximate surface area is 135 Å². The second-order valence-corrected chi connectivity index (χ2v) is 5.79. The lowest BCUT2D eigenvalue weighted by atomic mass is 10.1. The van der Waals surface area contributed by atoms with Gasteiger partial charge in [0.05, 0.1) is 5.69 Å². The highest BCUT2D eigenvalue weighted by Crippen LogP contribution is 2.24. The van der Waals surface area contributed by atoms with E-state index in [-0.39, 0.29) is 11.6 Å². The molecular formula is C18H20FN3O. The predicted molar refractivity (Wildman–Crippen MR) is 91.7 cm³/mol. The first kappa shape index (κ1) is 15.3. The Bertz CT molecular complexity index is 707. The number of Topliss-reactive ketones (excluding diaryl/α,β-unsaturated/α-hetero) is 1. The number of hydrogen-bond acceptors (Lipinski definition) is 4. The van der Waals surface area contributed by atoms with Gasteiger partial charge in [-0.15, -0.1) is 0 Å². The molecule has 2 aromatic carbocycles. The van der Waals surface area contributed by atoms with Crippen LogP contribution in [0.3, 0.4) is 0 Å². The SMILES string of the molecule is CC(=O)c1ccc(N2CCN(c3ccc(N)cc3F)CC2)cc1. The van der Waals surface area contributed by atoms with Gasteiger partial charge in [0.25, 0.3) is 0 Å². The minimum Gasteiger partial charge on any atom is -0.399 e. The van der Waals surface area contributed by atoms with Crippen LogP contribution < -0.4 is 15.5 Å². The van der Waals surface area contributed by atoms with Crippen molar-refractivity contribution >= 4 is 22.8 Å². The molecule has 1 aliphatic heterocycles. The fourth-order valence-corrected chi connectivity index (χ4v) is 2.89. The zero-order valence-corrected chi connectivity index (χ0v) is 13.1. The number of carbonyl (C=O) groups excluding carboxylic acids is 1. The van der Waals surface area contributed by atoms with Crippen LogP contribution in [0, 0.1) is 5.82 Å². The van der Waals surface area contributed by atoms with E-state index in [1.807, 2.05) is 29.2 Å². The molecule has 1 heterocycles. The number of rotatable bonds is 3. The van der Waals surface area contributed by atoms with Crippen molar-refractivity contribution in [3.63, 3.8) is 0 Å². The predicted octanol–water partition coefficient (Wildman–Crippen LogP) is 2.94. The molecule has 1 saturated heterocycles. The summed E-state index contributed by atoms with van der Waals surface area (Å²) in [5.41, 5.74) is 8.45. The fourth-order valence-electron chi connectivity index (χ4n) is 2.89. The molecule has 0 bridgehead atoms. The average Bonchev–Trinajstić information content (AvgIpc) is 2.55. The van der Waals surface area contributed by atoms with Gasteiger partial charge < -0.3 is 15.5 Å². The van der Waals surface area contributed by atoms with Crippen LogP contribution in [0.4, 0.5) is 21.5 Å². The first-order valence-electron chi connectivity index (χ1n) is 7.70. The second-order valence-electron chi connectivity index (χ2n) is 5.79. The maximum atomic E-state index is 14.0. The first-order valence-corrected chi connectivity index (χ1v) is 7.70. The molecule has 4 nitrogen and oxygen atoms in total. The summed E-state index contributed by atoms with van der Waals surface area (Å²) in [6.45, 7) is 4.67. The number of piperazine rings is 1. The summed E-state index contributed by atoms with van der Waals surface area (Å²) >= 11 is 0. The number of nitrogen functional groups attached to an aromatic ring is 1. The quantitative estimate of drug-likeness (QED) is 0.699. The van der Waals surface area contributed by atoms with Crippen molar-refractivity contribution in [1.82, 2.24) is 0 Å². The number of anilines is 3.